The fourth-order valence-electron chi connectivity index (χ4n) is 5.18. The Bertz CT molecular complexity index is 1290. The molecule has 0 radical (unpaired) electrons. The van der Waals surface area contributed by atoms with Crippen molar-refractivity contribution in [3.63, 3.8) is 0 Å². The van der Waals surface area contributed by atoms with Crippen molar-refractivity contribution in [3.8, 4) is 0 Å². The van der Waals surface area contributed by atoms with Crippen molar-refractivity contribution >= 4 is 40.8 Å². The summed E-state index contributed by atoms with van der Waals surface area (Å²) in [5.41, 5.74) is 1.88. The molecule has 0 bridgehead atoms. The number of anilines is 1. The summed E-state index contributed by atoms with van der Waals surface area (Å²) in [6.45, 7) is 3.68. The number of aliphatic hydroxyl groups excluding tert-OH is 1. The van der Waals surface area contributed by atoms with Gasteiger partial charge in [0.15, 0.2) is 6.04 Å². The van der Waals surface area contributed by atoms with E-state index in [1.165, 1.54) is 19.1 Å². The number of likely N-dealkylation sites (tertiary alicyclic amines) is 1. The number of rotatable bonds is 10. The molecule has 3 aromatic carbocycles. The number of aliphatic carboxylic acids is 1. The van der Waals surface area contributed by atoms with E-state index in [-0.39, 0.29) is 5.69 Å². The normalized spacial score (nSPS) is 18.6. The van der Waals surface area contributed by atoms with Crippen LogP contribution in [0.15, 0.2) is 66.7 Å². The van der Waals surface area contributed by atoms with Gasteiger partial charge in [-0.3, -0.25) is 9.69 Å². The van der Waals surface area contributed by atoms with Gasteiger partial charge in [-0.15, -0.1) is 0 Å². The van der Waals surface area contributed by atoms with Crippen LogP contribution in [0.1, 0.15) is 31.0 Å². The molecular weight excluding hydrogens is 563 g/mol. The van der Waals surface area contributed by atoms with Gasteiger partial charge in [-0.05, 0) is 61.4 Å². The molecule has 0 spiro atoms. The molecule has 212 valence electrons. The van der Waals surface area contributed by atoms with Gasteiger partial charge in [-0.25, -0.2) is 13.6 Å². The molecule has 1 heterocycles. The van der Waals surface area contributed by atoms with Gasteiger partial charge in [0.25, 0.3) is 0 Å². The smallest absolute Gasteiger partial charge is 0.328 e. The van der Waals surface area contributed by atoms with Crippen molar-refractivity contribution in [2.75, 3.05) is 18.0 Å². The number of nitrogens with zero attached hydrogens (tertiary/aromatic N) is 2. The summed E-state index contributed by atoms with van der Waals surface area (Å²) in [5.74, 6) is -3.55. The van der Waals surface area contributed by atoms with Crippen molar-refractivity contribution in [1.29, 1.82) is 0 Å². The summed E-state index contributed by atoms with van der Waals surface area (Å²) < 4.78 is 28.3. The third-order valence-electron chi connectivity index (χ3n) is 7.06. The zero-order chi connectivity index (χ0) is 29.1. The molecule has 3 aromatic rings. The van der Waals surface area contributed by atoms with Crippen molar-refractivity contribution in [2.24, 2.45) is 0 Å². The Morgan fingerprint density at radius 1 is 1.00 bits per heavy atom. The molecule has 11 heteroatoms. The van der Waals surface area contributed by atoms with E-state index >= 15 is 0 Å². The van der Waals surface area contributed by atoms with Crippen LogP contribution in [0.25, 0.3) is 0 Å². The standard InChI is InChI=1S/C29H29Cl2F2N3O4/c1-3-35(23-13-21(32)12-22(33)14-23)24-15-36(27(24)28(38)34-25(16(2)37)29(39)40)26(17-4-8-19(30)9-5-17)18-6-10-20(31)11-7-18/h4-14,16,24-27,37H,3,15H2,1-2H3,(H,34,38)(H,39,40). The second kappa shape index (κ2) is 12.5. The minimum Gasteiger partial charge on any atom is -0.480 e. The van der Waals surface area contributed by atoms with E-state index in [2.05, 4.69) is 5.32 Å². The van der Waals surface area contributed by atoms with Crippen molar-refractivity contribution in [3.05, 3.63) is 99.5 Å². The summed E-state index contributed by atoms with van der Waals surface area (Å²) in [4.78, 5) is 29.2. The number of carboxylic acids is 1. The molecule has 0 saturated carbocycles. The van der Waals surface area contributed by atoms with E-state index in [1.54, 1.807) is 36.1 Å². The Labute approximate surface area is 240 Å². The van der Waals surface area contributed by atoms with Crippen molar-refractivity contribution in [1.82, 2.24) is 10.2 Å². The van der Waals surface area contributed by atoms with Gasteiger partial charge < -0.3 is 20.4 Å². The first-order chi connectivity index (χ1) is 19.0. The lowest BCUT2D eigenvalue weighted by Crippen LogP contribution is -2.73. The van der Waals surface area contributed by atoms with Gasteiger partial charge >= 0.3 is 5.97 Å². The first-order valence-electron chi connectivity index (χ1n) is 12.7. The third-order valence-corrected chi connectivity index (χ3v) is 7.56. The Morgan fingerprint density at radius 2 is 1.50 bits per heavy atom. The lowest BCUT2D eigenvalue weighted by Gasteiger charge is -2.55. The number of amides is 1. The predicted octanol–water partition coefficient (Wildman–Crippen LogP) is 4.89. The maximum Gasteiger partial charge on any atom is 0.328 e. The topological polar surface area (TPSA) is 93.1 Å². The van der Waals surface area contributed by atoms with E-state index in [9.17, 15) is 28.6 Å². The molecular formula is C29H29Cl2F2N3O4. The van der Waals surface area contributed by atoms with Crippen molar-refractivity contribution in [2.45, 2.75) is 44.1 Å². The second-order valence-corrected chi connectivity index (χ2v) is 10.6. The average molecular weight is 592 g/mol. The molecule has 1 aliphatic heterocycles. The highest BCUT2D eigenvalue weighted by Crippen LogP contribution is 2.40. The summed E-state index contributed by atoms with van der Waals surface area (Å²) in [6, 6.07) is 13.8. The molecule has 1 amide bonds. The predicted molar refractivity (Wildman–Crippen MR) is 150 cm³/mol. The van der Waals surface area contributed by atoms with E-state index < -0.39 is 53.8 Å². The number of carbonyl (C=O) groups excluding carboxylic acids is 1. The summed E-state index contributed by atoms with van der Waals surface area (Å²) >= 11 is 12.3. The lowest BCUT2D eigenvalue weighted by molar-refractivity contribution is -0.147. The molecule has 4 atom stereocenters. The Kier molecular flexibility index (Phi) is 9.30. The maximum atomic E-state index is 14.2. The largest absolute Gasteiger partial charge is 0.480 e. The number of hydrogen-bond donors (Lipinski definition) is 3. The minimum atomic E-state index is -1.55. The molecule has 4 unspecified atom stereocenters. The van der Waals surface area contributed by atoms with Crippen LogP contribution in [0, 0.1) is 11.6 Å². The zero-order valence-corrected chi connectivity index (χ0v) is 23.3. The van der Waals surface area contributed by atoms with Crippen LogP contribution in [-0.4, -0.2) is 64.3 Å². The third kappa shape index (κ3) is 6.39. The molecule has 0 aliphatic carbocycles. The van der Waals surface area contributed by atoms with Crippen LogP contribution in [0.2, 0.25) is 10.0 Å². The molecule has 1 fully saturated rings. The van der Waals surface area contributed by atoms with E-state index in [0.717, 1.165) is 17.2 Å². The van der Waals surface area contributed by atoms with Crippen LogP contribution in [0.5, 0.6) is 0 Å². The van der Waals surface area contributed by atoms with E-state index in [1.807, 2.05) is 29.2 Å². The number of carboxylic acid groups (broad SMARTS) is 1. The summed E-state index contributed by atoms with van der Waals surface area (Å²) in [7, 11) is 0. The fraction of sp³-hybridized carbons (Fsp3) is 0.310. The highest BCUT2D eigenvalue weighted by molar-refractivity contribution is 6.30. The molecule has 1 saturated heterocycles. The highest BCUT2D eigenvalue weighted by Gasteiger charge is 2.51. The number of nitrogens with one attached hydrogen (secondary N) is 1. The minimum absolute atomic E-state index is 0.252. The molecule has 3 N–H and O–H groups in total. The number of aliphatic hydroxyl groups is 1. The number of benzene rings is 3. The summed E-state index contributed by atoms with van der Waals surface area (Å²) in [6.07, 6.45) is -1.36. The van der Waals surface area contributed by atoms with E-state index in [0.29, 0.717) is 23.1 Å². The Balaban J connectivity index is 1.79. The quantitative estimate of drug-likeness (QED) is 0.311. The van der Waals surface area contributed by atoms with Gasteiger partial charge in [-0.1, -0.05) is 47.5 Å². The Morgan fingerprint density at radius 3 is 1.93 bits per heavy atom. The van der Waals surface area contributed by atoms with Crippen LogP contribution in [-0.2, 0) is 9.59 Å². The van der Waals surface area contributed by atoms with Crippen LogP contribution in [0.3, 0.4) is 0 Å². The fourth-order valence-corrected chi connectivity index (χ4v) is 5.43. The number of likely N-dealkylation sites (N-methyl/N-ethyl adjacent to an activating group) is 1. The maximum absolute atomic E-state index is 14.2. The lowest BCUT2D eigenvalue weighted by atomic mass is 9.85. The number of hydrogen-bond acceptors (Lipinski definition) is 5. The highest BCUT2D eigenvalue weighted by atomic mass is 35.5. The molecule has 40 heavy (non-hydrogen) atoms. The molecule has 0 aromatic heterocycles. The van der Waals surface area contributed by atoms with Gasteiger partial charge in [-0.2, -0.15) is 0 Å². The second-order valence-electron chi connectivity index (χ2n) is 9.69. The molecule has 4 rings (SSSR count). The van der Waals surface area contributed by atoms with Crippen LogP contribution >= 0.6 is 23.2 Å². The van der Waals surface area contributed by atoms with Crippen LogP contribution in [0.4, 0.5) is 14.5 Å². The number of carbonyl (C=O) groups is 2. The van der Waals surface area contributed by atoms with Crippen LogP contribution < -0.4 is 10.2 Å². The zero-order valence-electron chi connectivity index (χ0n) is 21.8. The molecule has 1 aliphatic rings. The van der Waals surface area contributed by atoms with Gasteiger partial charge in [0, 0.05) is 34.9 Å². The molecule has 7 nitrogen and oxygen atoms in total. The Hall–Kier alpha value is -3.24. The van der Waals surface area contributed by atoms with Crippen molar-refractivity contribution < 1.29 is 28.6 Å². The van der Waals surface area contributed by atoms with Gasteiger partial charge in [0.05, 0.1) is 18.2 Å². The van der Waals surface area contributed by atoms with Gasteiger partial charge in [0.2, 0.25) is 5.91 Å². The number of halogens is 4. The van der Waals surface area contributed by atoms with E-state index in [4.69, 9.17) is 23.2 Å². The SMILES string of the molecule is CCN(c1cc(F)cc(F)c1)C1CN(C(c2ccc(Cl)cc2)c2ccc(Cl)cc2)C1C(=O)NC(C(=O)O)C(C)O. The first kappa shape index (κ1) is 29.7. The van der Waals surface area contributed by atoms with Gasteiger partial charge in [0.1, 0.15) is 17.7 Å². The first-order valence-corrected chi connectivity index (χ1v) is 13.5. The average Bonchev–Trinajstić information content (AvgIpc) is 2.87. The monoisotopic (exact) mass is 591 g/mol. The summed E-state index contributed by atoms with van der Waals surface area (Å²) in [5, 5.41) is 23.1.